The maximum absolute atomic E-state index is 14.6. The first kappa shape index (κ1) is 19.3. The van der Waals surface area contributed by atoms with Gasteiger partial charge in [-0.25, -0.2) is 4.39 Å². The van der Waals surface area contributed by atoms with Crippen LogP contribution in [0.5, 0.6) is 0 Å². The van der Waals surface area contributed by atoms with Gasteiger partial charge in [0.25, 0.3) is 0 Å². The van der Waals surface area contributed by atoms with Gasteiger partial charge in [0, 0.05) is 29.4 Å². The molecule has 0 radical (unpaired) electrons. The molecule has 4 aromatic rings. The maximum atomic E-state index is 14.6. The van der Waals surface area contributed by atoms with E-state index < -0.39 is 6.04 Å². The molecule has 150 valence electrons. The van der Waals surface area contributed by atoms with Crippen LogP contribution in [0, 0.1) is 5.82 Å². The number of carbonyl (C=O) groups excluding carboxylic acids is 1. The van der Waals surface area contributed by atoms with E-state index in [0.717, 1.165) is 5.56 Å². The van der Waals surface area contributed by atoms with Crippen molar-refractivity contribution in [2.24, 2.45) is 0 Å². The van der Waals surface area contributed by atoms with E-state index in [1.165, 1.54) is 13.0 Å². The smallest absolute Gasteiger partial charge is 0.247 e. The van der Waals surface area contributed by atoms with E-state index in [2.05, 4.69) is 20.8 Å². The van der Waals surface area contributed by atoms with E-state index in [1.54, 1.807) is 42.5 Å². The summed E-state index contributed by atoms with van der Waals surface area (Å²) in [6, 6.07) is 22.2. The molecule has 1 unspecified atom stereocenters. The van der Waals surface area contributed by atoms with Crippen LogP contribution in [0.4, 0.5) is 15.8 Å². The molecule has 0 aliphatic heterocycles. The Morgan fingerprint density at radius 2 is 1.57 bits per heavy atom. The number of rotatable bonds is 6. The zero-order valence-corrected chi connectivity index (χ0v) is 16.2. The molecule has 1 aromatic heterocycles. The summed E-state index contributed by atoms with van der Waals surface area (Å²) in [5.41, 5.74) is 2.53. The molecule has 0 spiro atoms. The lowest BCUT2D eigenvalue weighted by Gasteiger charge is -2.18. The number of aromatic nitrogens is 2. The maximum Gasteiger partial charge on any atom is 0.247 e. The number of carbonyl (C=O) groups is 1. The van der Waals surface area contributed by atoms with Crippen molar-refractivity contribution in [2.45, 2.75) is 13.0 Å². The minimum absolute atomic E-state index is 0.153. The van der Waals surface area contributed by atoms with Gasteiger partial charge < -0.3 is 15.1 Å². The third-order valence-electron chi connectivity index (χ3n) is 4.44. The molecule has 3 aromatic carbocycles. The molecule has 0 aliphatic carbocycles. The first-order chi connectivity index (χ1) is 14.6. The number of anilines is 2. The predicted octanol–water partition coefficient (Wildman–Crippen LogP) is 5.04. The second-order valence-corrected chi connectivity index (χ2v) is 6.67. The Morgan fingerprint density at radius 3 is 2.27 bits per heavy atom. The van der Waals surface area contributed by atoms with Crippen LogP contribution in [0.15, 0.2) is 83.3 Å². The third-order valence-corrected chi connectivity index (χ3v) is 4.44. The van der Waals surface area contributed by atoms with Crippen LogP contribution < -0.4 is 10.6 Å². The fourth-order valence-electron chi connectivity index (χ4n) is 3.05. The molecule has 0 saturated heterocycles. The molecule has 0 aliphatic rings. The van der Waals surface area contributed by atoms with Crippen molar-refractivity contribution in [3.8, 4) is 11.5 Å². The summed E-state index contributed by atoms with van der Waals surface area (Å²) >= 11 is 0. The lowest BCUT2D eigenvalue weighted by Crippen LogP contribution is -2.14. The van der Waals surface area contributed by atoms with Gasteiger partial charge in [-0.3, -0.25) is 4.79 Å². The van der Waals surface area contributed by atoms with Crippen LogP contribution in [0.2, 0.25) is 0 Å². The number of amides is 1. The van der Waals surface area contributed by atoms with Crippen molar-refractivity contribution in [2.75, 3.05) is 10.6 Å². The van der Waals surface area contributed by atoms with Crippen LogP contribution in [-0.4, -0.2) is 16.1 Å². The molecule has 30 heavy (non-hydrogen) atoms. The third kappa shape index (κ3) is 4.35. The van der Waals surface area contributed by atoms with Gasteiger partial charge in [-0.15, -0.1) is 10.2 Å². The van der Waals surface area contributed by atoms with Gasteiger partial charge in [-0.2, -0.15) is 0 Å². The van der Waals surface area contributed by atoms with Crippen LogP contribution in [0.3, 0.4) is 0 Å². The van der Waals surface area contributed by atoms with E-state index in [1.807, 2.05) is 30.3 Å². The van der Waals surface area contributed by atoms with Crippen LogP contribution in [0.1, 0.15) is 24.4 Å². The number of nitrogens with zero attached hydrogens (tertiary/aromatic N) is 2. The Labute approximate surface area is 172 Å². The fraction of sp³-hybridized carbons (Fsp3) is 0.0870. The highest BCUT2D eigenvalue weighted by Gasteiger charge is 2.24. The van der Waals surface area contributed by atoms with Gasteiger partial charge in [0.15, 0.2) is 0 Å². The average Bonchev–Trinajstić information content (AvgIpc) is 3.24. The van der Waals surface area contributed by atoms with Crippen molar-refractivity contribution in [3.05, 3.63) is 96.1 Å². The van der Waals surface area contributed by atoms with Crippen LogP contribution in [0.25, 0.3) is 11.5 Å². The van der Waals surface area contributed by atoms with E-state index in [-0.39, 0.29) is 17.6 Å². The number of hydrogen-bond donors (Lipinski definition) is 2. The van der Waals surface area contributed by atoms with Gasteiger partial charge >= 0.3 is 0 Å². The highest BCUT2D eigenvalue weighted by molar-refractivity contribution is 5.88. The van der Waals surface area contributed by atoms with Crippen LogP contribution >= 0.6 is 0 Å². The summed E-state index contributed by atoms with van der Waals surface area (Å²) in [6.07, 6.45) is 0. The normalized spacial score (nSPS) is 11.7. The summed E-state index contributed by atoms with van der Waals surface area (Å²) in [7, 11) is 0. The minimum Gasteiger partial charge on any atom is -0.418 e. The number of halogens is 1. The van der Waals surface area contributed by atoms with E-state index in [9.17, 15) is 9.18 Å². The quantitative estimate of drug-likeness (QED) is 0.473. The Morgan fingerprint density at radius 1 is 0.900 bits per heavy atom. The minimum atomic E-state index is -0.692. The summed E-state index contributed by atoms with van der Waals surface area (Å²) in [6.45, 7) is 1.44. The standard InChI is InChI=1S/C23H19FN4O2/c1-15(29)25-17-11-13-18(14-12-17)26-21(19-9-5-6-10-20(19)24)23-28-27-22(30-23)16-7-3-2-4-8-16/h2-14,21,26H,1H3,(H,25,29). The lowest BCUT2D eigenvalue weighted by atomic mass is 10.1. The SMILES string of the molecule is CC(=O)Nc1ccc(NC(c2nnc(-c3ccccc3)o2)c2ccccc2F)cc1. The van der Waals surface area contributed by atoms with Crippen molar-refractivity contribution in [1.82, 2.24) is 10.2 Å². The fourth-order valence-corrected chi connectivity index (χ4v) is 3.05. The van der Waals surface area contributed by atoms with Gasteiger partial charge in [0.05, 0.1) is 0 Å². The van der Waals surface area contributed by atoms with Crippen molar-refractivity contribution in [1.29, 1.82) is 0 Å². The molecule has 1 atom stereocenters. The number of hydrogen-bond acceptors (Lipinski definition) is 5. The van der Waals surface area contributed by atoms with Crippen molar-refractivity contribution < 1.29 is 13.6 Å². The summed E-state index contributed by atoms with van der Waals surface area (Å²) < 4.78 is 20.5. The molecule has 7 heteroatoms. The Balaban J connectivity index is 1.67. The van der Waals surface area contributed by atoms with E-state index in [0.29, 0.717) is 22.8 Å². The average molecular weight is 402 g/mol. The molecule has 0 bridgehead atoms. The van der Waals surface area contributed by atoms with Crippen molar-refractivity contribution in [3.63, 3.8) is 0 Å². The summed E-state index contributed by atoms with van der Waals surface area (Å²) in [4.78, 5) is 11.2. The first-order valence-corrected chi connectivity index (χ1v) is 9.37. The highest BCUT2D eigenvalue weighted by Crippen LogP contribution is 2.30. The monoisotopic (exact) mass is 402 g/mol. The van der Waals surface area contributed by atoms with Gasteiger partial charge in [0.1, 0.15) is 11.9 Å². The molecule has 1 amide bonds. The van der Waals surface area contributed by atoms with Gasteiger partial charge in [-0.1, -0.05) is 36.4 Å². The Kier molecular flexibility index (Phi) is 5.52. The zero-order valence-electron chi connectivity index (χ0n) is 16.2. The van der Waals surface area contributed by atoms with E-state index >= 15 is 0 Å². The zero-order chi connectivity index (χ0) is 20.9. The Bertz CT molecular complexity index is 1140. The Hall–Kier alpha value is -4.00. The topological polar surface area (TPSA) is 80.0 Å². The summed E-state index contributed by atoms with van der Waals surface area (Å²) in [5, 5.41) is 14.2. The highest BCUT2D eigenvalue weighted by atomic mass is 19.1. The molecular formula is C23H19FN4O2. The molecule has 0 saturated carbocycles. The van der Waals surface area contributed by atoms with Gasteiger partial charge in [0.2, 0.25) is 17.7 Å². The number of nitrogens with one attached hydrogen (secondary N) is 2. The van der Waals surface area contributed by atoms with E-state index in [4.69, 9.17) is 4.42 Å². The molecule has 0 fully saturated rings. The lowest BCUT2D eigenvalue weighted by molar-refractivity contribution is -0.114. The van der Waals surface area contributed by atoms with Crippen LogP contribution in [-0.2, 0) is 4.79 Å². The van der Waals surface area contributed by atoms with Crippen molar-refractivity contribution >= 4 is 17.3 Å². The molecule has 2 N–H and O–H groups in total. The number of benzene rings is 3. The second-order valence-electron chi connectivity index (χ2n) is 6.67. The molecular weight excluding hydrogens is 383 g/mol. The molecule has 1 heterocycles. The van der Waals surface area contributed by atoms with Gasteiger partial charge in [-0.05, 0) is 42.5 Å². The largest absolute Gasteiger partial charge is 0.418 e. The molecule has 6 nitrogen and oxygen atoms in total. The first-order valence-electron chi connectivity index (χ1n) is 9.37. The second kappa shape index (κ2) is 8.57. The predicted molar refractivity (Wildman–Crippen MR) is 112 cm³/mol. The summed E-state index contributed by atoms with van der Waals surface area (Å²) in [5.74, 6) is 0.0585. The molecule has 4 rings (SSSR count).